The quantitative estimate of drug-likeness (QED) is 0.894. The third kappa shape index (κ3) is 1.99. The fourth-order valence-electron chi connectivity index (χ4n) is 3.19. The molecule has 0 radical (unpaired) electrons. The Bertz CT molecular complexity index is 414. The molecular formula is C15H23NO2. The minimum atomic E-state index is 0.540. The molecule has 1 saturated heterocycles. The predicted molar refractivity (Wildman–Crippen MR) is 70.7 cm³/mol. The van der Waals surface area contributed by atoms with E-state index in [9.17, 15) is 0 Å². The Morgan fingerprint density at radius 2 is 1.72 bits per heavy atom. The first kappa shape index (κ1) is 12.2. The Morgan fingerprint density at radius 1 is 1.06 bits per heavy atom. The van der Waals surface area contributed by atoms with Crippen molar-refractivity contribution >= 4 is 0 Å². The second-order valence-corrected chi connectivity index (χ2v) is 5.65. The highest BCUT2D eigenvalue weighted by atomic mass is 16.5. The number of rotatable bonds is 3. The van der Waals surface area contributed by atoms with E-state index in [2.05, 4.69) is 6.92 Å². The van der Waals surface area contributed by atoms with Crippen molar-refractivity contribution in [3.8, 4) is 0 Å². The van der Waals surface area contributed by atoms with Gasteiger partial charge in [-0.05, 0) is 38.2 Å². The van der Waals surface area contributed by atoms with E-state index >= 15 is 0 Å². The van der Waals surface area contributed by atoms with Gasteiger partial charge in [-0.15, -0.1) is 0 Å². The molecule has 1 aromatic rings. The summed E-state index contributed by atoms with van der Waals surface area (Å²) in [5, 5.41) is 0. The Balaban J connectivity index is 1.91. The molecule has 1 aliphatic carbocycles. The van der Waals surface area contributed by atoms with E-state index in [1.165, 1.54) is 41.9 Å². The van der Waals surface area contributed by atoms with Crippen LogP contribution in [0.15, 0.2) is 4.42 Å². The first-order valence-corrected chi connectivity index (χ1v) is 7.21. The van der Waals surface area contributed by atoms with Crippen LogP contribution in [0.4, 0.5) is 0 Å². The lowest BCUT2D eigenvalue weighted by molar-refractivity contribution is 0.0799. The normalized spacial score (nSPS) is 22.1. The van der Waals surface area contributed by atoms with Gasteiger partial charge in [0.25, 0.3) is 0 Å². The van der Waals surface area contributed by atoms with Crippen LogP contribution in [0.25, 0.3) is 0 Å². The molecule has 2 aliphatic rings. The van der Waals surface area contributed by atoms with Gasteiger partial charge < -0.3 is 14.9 Å². The van der Waals surface area contributed by atoms with E-state index in [1.807, 2.05) is 0 Å². The fraction of sp³-hybridized carbons (Fsp3) is 0.733. The Labute approximate surface area is 109 Å². The van der Waals surface area contributed by atoms with Gasteiger partial charge in [0.1, 0.15) is 11.5 Å². The number of furan rings is 1. The topological polar surface area (TPSA) is 48.4 Å². The van der Waals surface area contributed by atoms with Crippen LogP contribution in [0.3, 0.4) is 0 Å². The van der Waals surface area contributed by atoms with E-state index in [1.54, 1.807) is 0 Å². The molecular weight excluding hydrogens is 226 g/mol. The Morgan fingerprint density at radius 3 is 2.28 bits per heavy atom. The fourth-order valence-corrected chi connectivity index (χ4v) is 3.19. The number of hydrogen-bond acceptors (Lipinski definition) is 3. The number of hydrogen-bond donors (Lipinski definition) is 1. The zero-order chi connectivity index (χ0) is 12.5. The minimum absolute atomic E-state index is 0.540. The van der Waals surface area contributed by atoms with E-state index in [0.29, 0.717) is 18.4 Å². The molecule has 2 heterocycles. The largest absolute Gasteiger partial charge is 0.465 e. The third-order valence-electron chi connectivity index (χ3n) is 4.61. The highest BCUT2D eigenvalue weighted by molar-refractivity contribution is 5.36. The molecule has 18 heavy (non-hydrogen) atoms. The molecule has 0 unspecified atom stereocenters. The molecule has 100 valence electrons. The van der Waals surface area contributed by atoms with Gasteiger partial charge in [0, 0.05) is 37.2 Å². The van der Waals surface area contributed by atoms with Crippen molar-refractivity contribution in [2.75, 3.05) is 13.2 Å². The first-order valence-electron chi connectivity index (χ1n) is 7.21. The molecule has 3 nitrogen and oxygen atoms in total. The zero-order valence-corrected chi connectivity index (χ0v) is 11.2. The average Bonchev–Trinajstić information content (AvgIpc) is 2.65. The summed E-state index contributed by atoms with van der Waals surface area (Å²) in [6.45, 7) is 4.52. The van der Waals surface area contributed by atoms with E-state index < -0.39 is 0 Å². The summed E-state index contributed by atoms with van der Waals surface area (Å²) in [7, 11) is 0. The zero-order valence-electron chi connectivity index (χ0n) is 11.2. The minimum Gasteiger partial charge on any atom is -0.465 e. The van der Waals surface area contributed by atoms with Crippen LogP contribution in [0.5, 0.6) is 0 Å². The molecule has 2 fully saturated rings. The standard InChI is InChI=1S/C15H23NO2/c1-10-13(9-16)15(11-3-2-4-11)18-14(10)12-5-7-17-8-6-12/h11-12H,2-9,16H2,1H3. The van der Waals surface area contributed by atoms with Crippen molar-refractivity contribution in [3.63, 3.8) is 0 Å². The highest BCUT2D eigenvalue weighted by Crippen LogP contribution is 2.43. The lowest BCUT2D eigenvalue weighted by Gasteiger charge is -2.24. The van der Waals surface area contributed by atoms with Crippen LogP contribution in [0, 0.1) is 6.92 Å². The summed E-state index contributed by atoms with van der Waals surface area (Å²) in [5.41, 5.74) is 8.52. The molecule has 0 atom stereocenters. The molecule has 0 aromatic carbocycles. The van der Waals surface area contributed by atoms with Crippen LogP contribution in [-0.2, 0) is 11.3 Å². The van der Waals surface area contributed by atoms with Gasteiger partial charge in [0.15, 0.2) is 0 Å². The van der Waals surface area contributed by atoms with Crippen LogP contribution in [-0.4, -0.2) is 13.2 Å². The maximum absolute atomic E-state index is 6.24. The monoisotopic (exact) mass is 249 g/mol. The second kappa shape index (κ2) is 5.06. The SMILES string of the molecule is Cc1c(C2CCOCC2)oc(C2CCC2)c1CN. The molecule has 0 spiro atoms. The predicted octanol–water partition coefficient (Wildman–Crippen LogP) is 3.21. The van der Waals surface area contributed by atoms with E-state index in [4.69, 9.17) is 14.9 Å². The van der Waals surface area contributed by atoms with Crippen molar-refractivity contribution in [1.82, 2.24) is 0 Å². The van der Waals surface area contributed by atoms with Gasteiger partial charge >= 0.3 is 0 Å². The maximum atomic E-state index is 6.24. The van der Waals surface area contributed by atoms with E-state index in [-0.39, 0.29) is 0 Å². The van der Waals surface area contributed by atoms with Crippen molar-refractivity contribution < 1.29 is 9.15 Å². The second-order valence-electron chi connectivity index (χ2n) is 5.65. The summed E-state index contributed by atoms with van der Waals surface area (Å²) in [6.07, 6.45) is 6.05. The summed E-state index contributed by atoms with van der Waals surface area (Å²) in [6, 6.07) is 0. The summed E-state index contributed by atoms with van der Waals surface area (Å²) in [4.78, 5) is 0. The van der Waals surface area contributed by atoms with Gasteiger partial charge in [-0.1, -0.05) is 6.42 Å². The summed E-state index contributed by atoms with van der Waals surface area (Å²) < 4.78 is 11.7. The summed E-state index contributed by atoms with van der Waals surface area (Å²) >= 11 is 0. The van der Waals surface area contributed by atoms with Crippen LogP contribution >= 0.6 is 0 Å². The molecule has 1 saturated carbocycles. The Hall–Kier alpha value is -0.800. The number of nitrogens with two attached hydrogens (primary N) is 1. The summed E-state index contributed by atoms with van der Waals surface area (Å²) in [5.74, 6) is 3.57. The molecule has 3 heteroatoms. The van der Waals surface area contributed by atoms with Gasteiger partial charge in [-0.3, -0.25) is 0 Å². The van der Waals surface area contributed by atoms with Gasteiger partial charge in [-0.2, -0.15) is 0 Å². The van der Waals surface area contributed by atoms with Gasteiger partial charge in [0.05, 0.1) is 0 Å². The molecule has 0 bridgehead atoms. The number of ether oxygens (including phenoxy) is 1. The molecule has 1 aliphatic heterocycles. The van der Waals surface area contributed by atoms with Gasteiger partial charge in [0.2, 0.25) is 0 Å². The van der Waals surface area contributed by atoms with Crippen LogP contribution in [0.1, 0.15) is 66.6 Å². The lowest BCUT2D eigenvalue weighted by atomic mass is 9.81. The maximum Gasteiger partial charge on any atom is 0.112 e. The van der Waals surface area contributed by atoms with Crippen molar-refractivity contribution in [1.29, 1.82) is 0 Å². The molecule has 2 N–H and O–H groups in total. The van der Waals surface area contributed by atoms with Crippen LogP contribution in [0.2, 0.25) is 0 Å². The first-order chi connectivity index (χ1) is 8.81. The third-order valence-corrected chi connectivity index (χ3v) is 4.61. The molecule has 3 rings (SSSR count). The van der Waals surface area contributed by atoms with Gasteiger partial charge in [-0.25, -0.2) is 0 Å². The average molecular weight is 249 g/mol. The van der Waals surface area contributed by atoms with E-state index in [0.717, 1.165) is 26.1 Å². The van der Waals surface area contributed by atoms with Crippen molar-refractivity contribution in [2.45, 2.75) is 57.4 Å². The van der Waals surface area contributed by atoms with Crippen molar-refractivity contribution in [3.05, 3.63) is 22.6 Å². The smallest absolute Gasteiger partial charge is 0.112 e. The lowest BCUT2D eigenvalue weighted by Crippen LogP contribution is -2.14. The highest BCUT2D eigenvalue weighted by Gasteiger charge is 2.30. The molecule has 0 amide bonds. The van der Waals surface area contributed by atoms with Crippen LogP contribution < -0.4 is 5.73 Å². The Kier molecular flexibility index (Phi) is 3.44. The van der Waals surface area contributed by atoms with Crippen molar-refractivity contribution in [2.24, 2.45) is 5.73 Å². The molecule has 1 aromatic heterocycles.